The molecule has 0 heterocycles. The number of halogens is 1. The molecule has 6 heteroatoms. The van der Waals surface area contributed by atoms with Crippen LogP contribution in [0.1, 0.15) is 18.1 Å². The van der Waals surface area contributed by atoms with Crippen molar-refractivity contribution in [1.82, 2.24) is 0 Å². The number of methoxy groups -OCH3 is 2. The number of benzene rings is 1. The van der Waals surface area contributed by atoms with Crippen molar-refractivity contribution in [3.05, 3.63) is 52.6 Å². The molecular formula is C17H15FO5. The van der Waals surface area contributed by atoms with Crippen LogP contribution in [-0.4, -0.2) is 31.9 Å². The maximum Gasteiger partial charge on any atom is 0.338 e. The lowest BCUT2D eigenvalue weighted by molar-refractivity contribution is -0.142. The van der Waals surface area contributed by atoms with Gasteiger partial charge in [0.1, 0.15) is 0 Å². The van der Waals surface area contributed by atoms with Gasteiger partial charge < -0.3 is 9.47 Å². The van der Waals surface area contributed by atoms with Gasteiger partial charge in [0.2, 0.25) is 11.5 Å². The molecule has 2 rings (SSSR count). The molecule has 0 fully saturated rings. The fourth-order valence-corrected chi connectivity index (χ4v) is 2.48. The molecule has 0 unspecified atom stereocenters. The maximum atomic E-state index is 15.8. The van der Waals surface area contributed by atoms with E-state index >= 15 is 4.39 Å². The van der Waals surface area contributed by atoms with Gasteiger partial charge in [0, 0.05) is 11.6 Å². The first-order valence-corrected chi connectivity index (χ1v) is 6.76. The Kier molecular flexibility index (Phi) is 4.45. The van der Waals surface area contributed by atoms with Gasteiger partial charge in [-0.1, -0.05) is 24.3 Å². The summed E-state index contributed by atoms with van der Waals surface area (Å²) in [5, 5.41) is 0. The van der Waals surface area contributed by atoms with Crippen molar-refractivity contribution in [2.45, 2.75) is 12.6 Å². The topological polar surface area (TPSA) is 69.7 Å². The molecule has 0 N–H and O–H groups in total. The number of rotatable bonds is 3. The Bertz CT molecular complexity index is 747. The highest BCUT2D eigenvalue weighted by Gasteiger charge is 2.51. The van der Waals surface area contributed by atoms with Crippen LogP contribution in [0, 0.1) is 0 Å². The van der Waals surface area contributed by atoms with Crippen molar-refractivity contribution in [1.29, 1.82) is 0 Å². The average Bonchev–Trinajstić information content (AvgIpc) is 2.56. The lowest BCUT2D eigenvalue weighted by Gasteiger charge is -2.30. The van der Waals surface area contributed by atoms with E-state index in [9.17, 15) is 14.4 Å². The number of hydrogen-bond donors (Lipinski definition) is 0. The SMILES string of the molecule is COC(=O)/C=C(/C(=O)OC)[C@@]1(F)C(=O)C(C)=Cc2ccccc21. The van der Waals surface area contributed by atoms with Crippen LogP contribution in [0.4, 0.5) is 4.39 Å². The van der Waals surface area contributed by atoms with Crippen molar-refractivity contribution in [2.24, 2.45) is 0 Å². The number of Topliss-reactive ketones (excluding diaryl/α,β-unsaturated/α-hetero) is 1. The van der Waals surface area contributed by atoms with E-state index in [0.29, 0.717) is 11.6 Å². The van der Waals surface area contributed by atoms with Gasteiger partial charge in [-0.05, 0) is 24.1 Å². The molecule has 0 saturated carbocycles. The van der Waals surface area contributed by atoms with Gasteiger partial charge in [-0.15, -0.1) is 0 Å². The zero-order chi connectivity index (χ0) is 17.2. The molecule has 23 heavy (non-hydrogen) atoms. The van der Waals surface area contributed by atoms with Crippen LogP contribution in [0.15, 0.2) is 41.5 Å². The van der Waals surface area contributed by atoms with Gasteiger partial charge in [0.15, 0.2) is 0 Å². The van der Waals surface area contributed by atoms with E-state index in [1.54, 1.807) is 18.2 Å². The Morgan fingerprint density at radius 1 is 1.17 bits per heavy atom. The predicted octanol–water partition coefficient (Wildman–Crippen LogP) is 2.11. The number of allylic oxidation sites excluding steroid dienone is 1. The Morgan fingerprint density at radius 3 is 2.43 bits per heavy atom. The van der Waals surface area contributed by atoms with Crippen molar-refractivity contribution in [3.63, 3.8) is 0 Å². The van der Waals surface area contributed by atoms with E-state index in [1.807, 2.05) is 0 Å². The summed E-state index contributed by atoms with van der Waals surface area (Å²) in [7, 11) is 2.12. The average molecular weight is 318 g/mol. The molecule has 0 saturated heterocycles. The minimum Gasteiger partial charge on any atom is -0.466 e. The van der Waals surface area contributed by atoms with Crippen molar-refractivity contribution in [3.8, 4) is 0 Å². The third kappa shape index (κ3) is 2.67. The molecule has 0 bridgehead atoms. The summed E-state index contributed by atoms with van der Waals surface area (Å²) in [4.78, 5) is 36.0. The zero-order valence-corrected chi connectivity index (χ0v) is 12.9. The number of esters is 2. The first-order chi connectivity index (χ1) is 10.9. The molecule has 0 spiro atoms. The summed E-state index contributed by atoms with van der Waals surface area (Å²) < 4.78 is 24.8. The number of carbonyl (C=O) groups excluding carboxylic acids is 3. The third-order valence-corrected chi connectivity index (χ3v) is 3.61. The predicted molar refractivity (Wildman–Crippen MR) is 80.0 cm³/mol. The molecular weight excluding hydrogens is 303 g/mol. The van der Waals surface area contributed by atoms with Gasteiger partial charge in [-0.25, -0.2) is 14.0 Å². The maximum absolute atomic E-state index is 15.8. The summed E-state index contributed by atoms with van der Waals surface area (Å²) in [6.07, 6.45) is 2.18. The minimum atomic E-state index is -2.81. The highest BCUT2D eigenvalue weighted by atomic mass is 19.1. The number of ether oxygens (including phenoxy) is 2. The summed E-state index contributed by atoms with van der Waals surface area (Å²) in [5.74, 6) is -2.99. The number of alkyl halides is 1. The second-order valence-corrected chi connectivity index (χ2v) is 4.97. The summed E-state index contributed by atoms with van der Waals surface area (Å²) in [6, 6.07) is 6.24. The Balaban J connectivity index is 2.76. The summed E-state index contributed by atoms with van der Waals surface area (Å²) >= 11 is 0. The Labute approximate surface area is 132 Å². The molecule has 1 aliphatic rings. The molecule has 0 aliphatic heterocycles. The lowest BCUT2D eigenvalue weighted by Crippen LogP contribution is -2.40. The fraction of sp³-hybridized carbons (Fsp3) is 0.235. The largest absolute Gasteiger partial charge is 0.466 e. The first kappa shape index (κ1) is 16.6. The van der Waals surface area contributed by atoms with E-state index < -0.39 is 29.0 Å². The zero-order valence-electron chi connectivity index (χ0n) is 12.9. The number of hydrogen-bond acceptors (Lipinski definition) is 5. The monoisotopic (exact) mass is 318 g/mol. The quantitative estimate of drug-likeness (QED) is 0.630. The summed E-state index contributed by atoms with van der Waals surface area (Å²) in [6.45, 7) is 1.44. The van der Waals surface area contributed by atoms with E-state index in [1.165, 1.54) is 19.1 Å². The Morgan fingerprint density at radius 2 is 1.83 bits per heavy atom. The number of carbonyl (C=O) groups is 3. The second kappa shape index (κ2) is 6.16. The van der Waals surface area contributed by atoms with Crippen LogP contribution in [-0.2, 0) is 29.5 Å². The molecule has 1 aromatic rings. The van der Waals surface area contributed by atoms with Gasteiger partial charge in [-0.2, -0.15) is 0 Å². The summed E-state index contributed by atoms with van der Waals surface area (Å²) in [5.41, 5.74) is -2.96. The van der Waals surface area contributed by atoms with Crippen LogP contribution >= 0.6 is 0 Å². The van der Waals surface area contributed by atoms with E-state index in [2.05, 4.69) is 9.47 Å². The van der Waals surface area contributed by atoms with Gasteiger partial charge in [0.05, 0.1) is 19.8 Å². The normalized spacial score (nSPS) is 20.4. The standard InChI is InChI=1S/C17H15FO5/c1-10-8-11-6-4-5-7-12(11)17(18,15(10)20)13(16(21)23-3)9-14(19)22-2/h4-9H,1-3H3/b13-9-/t17-/m1/s1. The van der Waals surface area contributed by atoms with Crippen molar-refractivity contribution < 1.29 is 28.2 Å². The highest BCUT2D eigenvalue weighted by molar-refractivity contribution is 6.15. The number of ketones is 1. The van der Waals surface area contributed by atoms with Crippen LogP contribution in [0.3, 0.4) is 0 Å². The van der Waals surface area contributed by atoms with Gasteiger partial charge >= 0.3 is 11.9 Å². The molecule has 1 atom stereocenters. The molecule has 120 valence electrons. The third-order valence-electron chi connectivity index (χ3n) is 3.61. The van der Waals surface area contributed by atoms with E-state index in [0.717, 1.165) is 14.2 Å². The molecule has 0 radical (unpaired) electrons. The van der Waals surface area contributed by atoms with Crippen LogP contribution < -0.4 is 0 Å². The smallest absolute Gasteiger partial charge is 0.338 e. The number of fused-ring (bicyclic) bond motifs is 1. The molecule has 0 amide bonds. The lowest BCUT2D eigenvalue weighted by atomic mass is 9.75. The van der Waals surface area contributed by atoms with Gasteiger partial charge in [0.25, 0.3) is 0 Å². The van der Waals surface area contributed by atoms with E-state index in [-0.39, 0.29) is 11.1 Å². The highest BCUT2D eigenvalue weighted by Crippen LogP contribution is 2.43. The molecule has 1 aromatic carbocycles. The Hall–Kier alpha value is -2.76. The molecule has 1 aliphatic carbocycles. The molecule has 5 nitrogen and oxygen atoms in total. The van der Waals surface area contributed by atoms with Crippen molar-refractivity contribution in [2.75, 3.05) is 14.2 Å². The first-order valence-electron chi connectivity index (χ1n) is 6.76. The van der Waals surface area contributed by atoms with E-state index in [4.69, 9.17) is 0 Å². The fourth-order valence-electron chi connectivity index (χ4n) is 2.48. The van der Waals surface area contributed by atoms with Crippen LogP contribution in [0.2, 0.25) is 0 Å². The second-order valence-electron chi connectivity index (χ2n) is 4.97. The van der Waals surface area contributed by atoms with Crippen LogP contribution in [0.5, 0.6) is 0 Å². The van der Waals surface area contributed by atoms with Gasteiger partial charge in [-0.3, -0.25) is 4.79 Å². The minimum absolute atomic E-state index is 0.0175. The van der Waals surface area contributed by atoms with Crippen molar-refractivity contribution >= 4 is 23.8 Å². The molecule has 0 aromatic heterocycles. The van der Waals surface area contributed by atoms with Crippen LogP contribution in [0.25, 0.3) is 6.08 Å².